The van der Waals surface area contributed by atoms with E-state index in [1.165, 1.54) is 0 Å². The lowest BCUT2D eigenvalue weighted by Crippen LogP contribution is -2.59. The Morgan fingerprint density at radius 3 is 2.18 bits per heavy atom. The molecule has 39 heavy (non-hydrogen) atoms. The van der Waals surface area contributed by atoms with Crippen LogP contribution in [0.2, 0.25) is 0 Å². The minimum Gasteiger partial charge on any atom is -0.480 e. The zero-order valence-electron chi connectivity index (χ0n) is 22.9. The van der Waals surface area contributed by atoms with Crippen LogP contribution in [0.1, 0.15) is 45.1 Å². The number of benzene rings is 1. The average molecular weight is 566 g/mol. The predicted molar refractivity (Wildman–Crippen MR) is 154 cm³/mol. The van der Waals surface area contributed by atoms with E-state index in [0.717, 1.165) is 5.56 Å². The fourth-order valence-electron chi connectivity index (χ4n) is 3.69. The SMILES string of the molecule is CCC(C)C(NC(=O)C(Cc1ccccc1)NC(=O)C(N)CCSC)C(=O)NC(CCCN=C(N)N)C(=O)O. The van der Waals surface area contributed by atoms with Gasteiger partial charge in [0.25, 0.3) is 0 Å². The Morgan fingerprint density at radius 2 is 1.62 bits per heavy atom. The number of thioether (sulfide) groups is 1. The van der Waals surface area contributed by atoms with Gasteiger partial charge in [-0.15, -0.1) is 0 Å². The van der Waals surface area contributed by atoms with Gasteiger partial charge in [-0.3, -0.25) is 19.4 Å². The first-order valence-electron chi connectivity index (χ1n) is 13.0. The number of hydrogen-bond donors (Lipinski definition) is 7. The molecule has 0 radical (unpaired) electrons. The van der Waals surface area contributed by atoms with Crippen LogP contribution >= 0.6 is 11.8 Å². The lowest BCUT2D eigenvalue weighted by molar-refractivity contribution is -0.142. The van der Waals surface area contributed by atoms with E-state index in [1.54, 1.807) is 18.7 Å². The van der Waals surface area contributed by atoms with Crippen LogP contribution in [0.5, 0.6) is 0 Å². The third-order valence-electron chi connectivity index (χ3n) is 6.24. The highest BCUT2D eigenvalue weighted by Crippen LogP contribution is 2.12. The highest BCUT2D eigenvalue weighted by atomic mass is 32.2. The molecule has 218 valence electrons. The third kappa shape index (κ3) is 12.9. The number of aliphatic imine (C=N–C) groups is 1. The maximum absolute atomic E-state index is 13.4. The molecule has 0 saturated carbocycles. The lowest BCUT2D eigenvalue weighted by atomic mass is 9.96. The molecule has 0 aromatic heterocycles. The summed E-state index contributed by atoms with van der Waals surface area (Å²) in [6.07, 6.45) is 3.51. The molecule has 5 unspecified atom stereocenters. The van der Waals surface area contributed by atoms with E-state index in [4.69, 9.17) is 17.2 Å². The van der Waals surface area contributed by atoms with Gasteiger partial charge in [0.15, 0.2) is 5.96 Å². The van der Waals surface area contributed by atoms with Crippen molar-refractivity contribution in [2.45, 2.75) is 70.1 Å². The molecule has 1 rings (SSSR count). The number of nitrogens with one attached hydrogen (secondary N) is 3. The zero-order chi connectivity index (χ0) is 29.4. The van der Waals surface area contributed by atoms with Crippen LogP contribution in [-0.4, -0.2) is 77.5 Å². The molecule has 5 atom stereocenters. The molecule has 10 N–H and O–H groups in total. The molecule has 1 aromatic rings. The lowest BCUT2D eigenvalue weighted by Gasteiger charge is -2.28. The van der Waals surface area contributed by atoms with Gasteiger partial charge in [0.2, 0.25) is 17.7 Å². The number of nitrogens with zero attached hydrogens (tertiary/aromatic N) is 1. The highest BCUT2D eigenvalue weighted by Gasteiger charge is 2.32. The molecule has 0 heterocycles. The van der Waals surface area contributed by atoms with Crippen molar-refractivity contribution in [3.63, 3.8) is 0 Å². The smallest absolute Gasteiger partial charge is 0.326 e. The average Bonchev–Trinajstić information content (AvgIpc) is 2.91. The van der Waals surface area contributed by atoms with Gasteiger partial charge in [-0.05, 0) is 42.8 Å². The van der Waals surface area contributed by atoms with Gasteiger partial charge < -0.3 is 38.3 Å². The van der Waals surface area contributed by atoms with Crippen molar-refractivity contribution in [2.24, 2.45) is 28.1 Å². The number of aliphatic carboxylic acids is 1. The summed E-state index contributed by atoms with van der Waals surface area (Å²) in [5.41, 5.74) is 17.4. The standard InChI is InChI=1S/C26H43N7O5S/c1-4-16(2)21(24(36)31-19(25(37)38)11-8-13-30-26(28)29)33-23(35)20(15-17-9-6-5-7-10-17)32-22(34)18(27)12-14-39-3/h5-7,9-10,16,18-21H,4,8,11-15,27H2,1-3H3,(H,31,36)(H,32,34)(H,33,35)(H,37,38)(H4,28,29,30). The summed E-state index contributed by atoms with van der Waals surface area (Å²) in [6, 6.07) is 5.16. The molecule has 13 heteroatoms. The third-order valence-corrected chi connectivity index (χ3v) is 6.88. The summed E-state index contributed by atoms with van der Waals surface area (Å²) in [5.74, 6) is -2.60. The predicted octanol–water partition coefficient (Wildman–Crippen LogP) is -0.0518. The Kier molecular flexibility index (Phi) is 15.6. The molecule has 0 bridgehead atoms. The second-order valence-corrected chi connectivity index (χ2v) is 10.3. The van der Waals surface area contributed by atoms with Crippen molar-refractivity contribution in [3.05, 3.63) is 35.9 Å². The summed E-state index contributed by atoms with van der Waals surface area (Å²) in [7, 11) is 0. The van der Waals surface area contributed by atoms with E-state index in [1.807, 2.05) is 43.5 Å². The molecule has 0 aliphatic heterocycles. The minimum atomic E-state index is -1.21. The van der Waals surface area contributed by atoms with Crippen LogP contribution in [0.3, 0.4) is 0 Å². The fraction of sp³-hybridized carbons (Fsp3) is 0.577. The van der Waals surface area contributed by atoms with E-state index in [0.29, 0.717) is 25.0 Å². The number of nitrogens with two attached hydrogens (primary N) is 3. The fourth-order valence-corrected chi connectivity index (χ4v) is 4.18. The van der Waals surface area contributed by atoms with E-state index in [-0.39, 0.29) is 31.3 Å². The van der Waals surface area contributed by atoms with Crippen molar-refractivity contribution >= 4 is 41.4 Å². The number of carboxylic acids is 1. The number of carboxylic acid groups (broad SMARTS) is 1. The maximum Gasteiger partial charge on any atom is 0.326 e. The van der Waals surface area contributed by atoms with Gasteiger partial charge in [-0.2, -0.15) is 11.8 Å². The first kappa shape index (κ1) is 33.7. The Labute approximate surface area is 234 Å². The van der Waals surface area contributed by atoms with Crippen molar-refractivity contribution in [1.82, 2.24) is 16.0 Å². The summed E-state index contributed by atoms with van der Waals surface area (Å²) in [6.45, 7) is 3.85. The Bertz CT molecular complexity index is 959. The van der Waals surface area contributed by atoms with E-state index < -0.39 is 47.9 Å². The van der Waals surface area contributed by atoms with Crippen LogP contribution in [0.25, 0.3) is 0 Å². The van der Waals surface area contributed by atoms with E-state index in [9.17, 15) is 24.3 Å². The van der Waals surface area contributed by atoms with Gasteiger partial charge in [0.1, 0.15) is 18.1 Å². The van der Waals surface area contributed by atoms with Crippen LogP contribution in [0.4, 0.5) is 0 Å². The van der Waals surface area contributed by atoms with Crippen molar-refractivity contribution in [1.29, 1.82) is 0 Å². The highest BCUT2D eigenvalue weighted by molar-refractivity contribution is 7.98. The molecular weight excluding hydrogens is 522 g/mol. The summed E-state index contributed by atoms with van der Waals surface area (Å²) in [4.78, 5) is 55.0. The summed E-state index contributed by atoms with van der Waals surface area (Å²) < 4.78 is 0. The number of hydrogen-bond acceptors (Lipinski definition) is 7. The molecule has 0 aliphatic carbocycles. The molecule has 0 saturated heterocycles. The summed E-state index contributed by atoms with van der Waals surface area (Å²) in [5, 5.41) is 17.6. The van der Waals surface area contributed by atoms with Gasteiger partial charge in [-0.1, -0.05) is 50.6 Å². The summed E-state index contributed by atoms with van der Waals surface area (Å²) >= 11 is 1.56. The molecule has 0 spiro atoms. The van der Waals surface area contributed by atoms with Gasteiger partial charge >= 0.3 is 5.97 Å². The molecule has 1 aromatic carbocycles. The number of guanidine groups is 1. The number of carbonyl (C=O) groups is 4. The normalized spacial score (nSPS) is 14.7. The topological polar surface area (TPSA) is 215 Å². The quantitative estimate of drug-likeness (QED) is 0.0720. The second-order valence-electron chi connectivity index (χ2n) is 9.36. The molecule has 0 fully saturated rings. The van der Waals surface area contributed by atoms with E-state index in [2.05, 4.69) is 20.9 Å². The number of rotatable bonds is 18. The minimum absolute atomic E-state index is 0.0969. The zero-order valence-corrected chi connectivity index (χ0v) is 23.7. The largest absolute Gasteiger partial charge is 0.480 e. The number of amides is 3. The molecular formula is C26H43N7O5S. The molecule has 12 nitrogen and oxygen atoms in total. The van der Waals surface area contributed by atoms with Crippen LogP contribution in [0, 0.1) is 5.92 Å². The van der Waals surface area contributed by atoms with Crippen molar-refractivity contribution < 1.29 is 24.3 Å². The Hall–Kier alpha value is -3.32. The Balaban J connectivity index is 3.06. The Morgan fingerprint density at radius 1 is 0.974 bits per heavy atom. The van der Waals surface area contributed by atoms with Crippen molar-refractivity contribution in [2.75, 3.05) is 18.6 Å². The van der Waals surface area contributed by atoms with Gasteiger partial charge in [-0.25, -0.2) is 4.79 Å². The maximum atomic E-state index is 13.4. The van der Waals surface area contributed by atoms with Gasteiger partial charge in [0.05, 0.1) is 6.04 Å². The van der Waals surface area contributed by atoms with Gasteiger partial charge in [0, 0.05) is 13.0 Å². The van der Waals surface area contributed by atoms with Crippen LogP contribution in [0.15, 0.2) is 35.3 Å². The first-order valence-corrected chi connectivity index (χ1v) is 14.4. The molecule has 0 aliphatic rings. The second kappa shape index (κ2) is 18.1. The molecule has 3 amide bonds. The first-order chi connectivity index (χ1) is 18.5. The monoisotopic (exact) mass is 565 g/mol. The van der Waals surface area contributed by atoms with Crippen LogP contribution in [-0.2, 0) is 25.6 Å². The van der Waals surface area contributed by atoms with Crippen LogP contribution < -0.4 is 33.2 Å². The number of carbonyl (C=O) groups excluding carboxylic acids is 3. The van der Waals surface area contributed by atoms with E-state index >= 15 is 0 Å². The van der Waals surface area contributed by atoms with Crippen molar-refractivity contribution in [3.8, 4) is 0 Å².